The smallest absolute Gasteiger partial charge is 0.410 e. The van der Waals surface area contributed by atoms with Gasteiger partial charge in [0.2, 0.25) is 0 Å². The Kier molecular flexibility index (Phi) is 5.70. The molecule has 166 valence electrons. The predicted molar refractivity (Wildman–Crippen MR) is 126 cm³/mol. The van der Waals surface area contributed by atoms with Crippen molar-refractivity contribution < 1.29 is 9.53 Å². The summed E-state index contributed by atoms with van der Waals surface area (Å²) in [5.41, 5.74) is 3.28. The van der Waals surface area contributed by atoms with E-state index in [0.717, 1.165) is 49.5 Å². The average Bonchev–Trinajstić information content (AvgIpc) is 3.21. The maximum absolute atomic E-state index is 12.4. The van der Waals surface area contributed by atoms with Crippen LogP contribution in [0.2, 0.25) is 0 Å². The number of nitrogens with one attached hydrogen (secondary N) is 1. The topological polar surface area (TPSA) is 57.2 Å². The van der Waals surface area contributed by atoms with E-state index in [-0.39, 0.29) is 17.6 Å². The van der Waals surface area contributed by atoms with Gasteiger partial charge in [0.05, 0.1) is 6.54 Å². The van der Waals surface area contributed by atoms with Crippen molar-refractivity contribution in [2.45, 2.75) is 31.4 Å². The van der Waals surface area contributed by atoms with Gasteiger partial charge in [-0.1, -0.05) is 61.5 Å². The normalized spacial score (nSPS) is 25.6. The van der Waals surface area contributed by atoms with Crippen molar-refractivity contribution in [1.82, 2.24) is 15.1 Å². The van der Waals surface area contributed by atoms with E-state index in [4.69, 9.17) is 9.73 Å². The van der Waals surface area contributed by atoms with Crippen molar-refractivity contribution in [3.05, 3.63) is 83.2 Å². The summed E-state index contributed by atoms with van der Waals surface area (Å²) in [5.74, 6) is 1.10. The molecule has 3 aliphatic heterocycles. The minimum atomic E-state index is -0.250. The van der Waals surface area contributed by atoms with Crippen molar-refractivity contribution in [1.29, 1.82) is 0 Å². The zero-order valence-electron chi connectivity index (χ0n) is 18.5. The molecule has 2 aromatic rings. The number of benzene rings is 2. The van der Waals surface area contributed by atoms with E-state index in [1.54, 1.807) is 4.90 Å². The van der Waals surface area contributed by atoms with Gasteiger partial charge in [-0.05, 0) is 29.2 Å². The van der Waals surface area contributed by atoms with Crippen molar-refractivity contribution in [2.24, 2.45) is 4.99 Å². The van der Waals surface area contributed by atoms with Crippen LogP contribution in [0.1, 0.15) is 36.1 Å². The first kappa shape index (κ1) is 20.8. The van der Waals surface area contributed by atoms with Gasteiger partial charge in [0.15, 0.2) is 0 Å². The van der Waals surface area contributed by atoms with E-state index in [0.29, 0.717) is 13.1 Å². The lowest BCUT2D eigenvalue weighted by Gasteiger charge is -2.34. The Balaban J connectivity index is 1.22. The molecule has 6 heteroatoms. The minimum Gasteiger partial charge on any atom is -0.439 e. The number of carbonyl (C=O) groups is 1. The molecule has 1 amide bonds. The molecular formula is C26H30N4O2. The first-order chi connectivity index (χ1) is 15.6. The summed E-state index contributed by atoms with van der Waals surface area (Å²) in [6.07, 6.45) is 4.86. The third-order valence-corrected chi connectivity index (χ3v) is 6.68. The molecule has 2 saturated heterocycles. The fourth-order valence-corrected chi connectivity index (χ4v) is 4.60. The van der Waals surface area contributed by atoms with E-state index in [1.807, 2.05) is 30.3 Å². The lowest BCUT2D eigenvalue weighted by molar-refractivity contribution is 0.132. The number of amides is 1. The molecule has 0 radical (unpaired) electrons. The molecule has 0 spiro atoms. The number of piperazine rings is 1. The fraction of sp³-hybridized carbons (Fsp3) is 0.385. The second-order valence-corrected chi connectivity index (χ2v) is 9.04. The van der Waals surface area contributed by atoms with Crippen LogP contribution in [0.4, 0.5) is 4.79 Å². The van der Waals surface area contributed by atoms with E-state index in [2.05, 4.69) is 53.7 Å². The molecule has 0 aliphatic carbocycles. The molecule has 0 aromatic heterocycles. The monoisotopic (exact) mass is 430 g/mol. The number of ether oxygens (including phenoxy) is 1. The van der Waals surface area contributed by atoms with Gasteiger partial charge in [-0.15, -0.1) is 0 Å². The molecular weight excluding hydrogens is 400 g/mol. The first-order valence-corrected chi connectivity index (χ1v) is 11.4. The van der Waals surface area contributed by atoms with Crippen LogP contribution >= 0.6 is 0 Å². The summed E-state index contributed by atoms with van der Waals surface area (Å²) < 4.78 is 5.58. The minimum absolute atomic E-state index is 0.110. The average molecular weight is 431 g/mol. The molecule has 0 saturated carbocycles. The predicted octanol–water partition coefficient (Wildman–Crippen LogP) is 3.86. The van der Waals surface area contributed by atoms with Gasteiger partial charge >= 0.3 is 6.09 Å². The van der Waals surface area contributed by atoms with Crippen molar-refractivity contribution in [3.8, 4) is 0 Å². The van der Waals surface area contributed by atoms with Gasteiger partial charge in [-0.2, -0.15) is 0 Å². The van der Waals surface area contributed by atoms with Gasteiger partial charge in [0, 0.05) is 44.4 Å². The Morgan fingerprint density at radius 3 is 2.53 bits per heavy atom. The molecule has 6 nitrogen and oxygen atoms in total. The molecule has 2 unspecified atom stereocenters. The lowest BCUT2D eigenvalue weighted by Crippen LogP contribution is -2.43. The maximum atomic E-state index is 12.4. The number of allylic oxidation sites excluding steroid dienone is 1. The Hall–Kier alpha value is -3.12. The number of cyclic esters (lactones) is 1. The Morgan fingerprint density at radius 1 is 1.09 bits per heavy atom. The van der Waals surface area contributed by atoms with E-state index >= 15 is 0 Å². The number of carbonyl (C=O) groups excluding carboxylic acids is 1. The number of hydrogen-bond donors (Lipinski definition) is 1. The summed E-state index contributed by atoms with van der Waals surface area (Å²) >= 11 is 0. The third kappa shape index (κ3) is 4.28. The molecule has 3 aliphatic rings. The van der Waals surface area contributed by atoms with Gasteiger partial charge < -0.3 is 15.0 Å². The summed E-state index contributed by atoms with van der Waals surface area (Å²) in [7, 11) is 0. The summed E-state index contributed by atoms with van der Waals surface area (Å²) in [5, 5.41) is 3.39. The molecule has 2 fully saturated rings. The molecule has 32 heavy (non-hydrogen) atoms. The van der Waals surface area contributed by atoms with Gasteiger partial charge in [0.1, 0.15) is 11.9 Å². The lowest BCUT2D eigenvalue weighted by atomic mass is 9.79. The highest BCUT2D eigenvalue weighted by molar-refractivity contribution is 5.75. The van der Waals surface area contributed by atoms with Crippen LogP contribution < -0.4 is 5.32 Å². The molecule has 2 atom stereocenters. The van der Waals surface area contributed by atoms with Crippen molar-refractivity contribution in [2.75, 3.05) is 32.7 Å². The molecule has 5 rings (SSSR count). The summed E-state index contributed by atoms with van der Waals surface area (Å²) in [4.78, 5) is 21.3. The standard InChI is InChI=1S/C26H30N4O2/c1-26(12-11-24(28-19-26)29-15-13-27-14-16-29)22-9-7-20(8-10-22)17-30-18-23(32-25(30)31)21-5-3-2-4-6-21/h2-11,19,23,27H,12-18H2,1H3. The molecule has 1 N–H and O–H groups in total. The van der Waals surface area contributed by atoms with Crippen LogP contribution in [0.25, 0.3) is 0 Å². The second-order valence-electron chi connectivity index (χ2n) is 9.04. The Morgan fingerprint density at radius 2 is 1.84 bits per heavy atom. The number of nitrogens with zero attached hydrogens (tertiary/aromatic N) is 3. The van der Waals surface area contributed by atoms with E-state index in [9.17, 15) is 4.79 Å². The van der Waals surface area contributed by atoms with Crippen molar-refractivity contribution >= 4 is 12.3 Å². The molecule has 0 bridgehead atoms. The van der Waals surface area contributed by atoms with E-state index in [1.165, 1.54) is 5.56 Å². The zero-order chi connectivity index (χ0) is 22.0. The highest BCUT2D eigenvalue weighted by atomic mass is 16.6. The van der Waals surface area contributed by atoms with Crippen LogP contribution in [-0.4, -0.2) is 54.8 Å². The van der Waals surface area contributed by atoms with Crippen LogP contribution in [0.15, 0.2) is 71.5 Å². The number of hydrogen-bond acceptors (Lipinski definition) is 5. The van der Waals surface area contributed by atoms with Gasteiger partial charge in [-0.3, -0.25) is 4.90 Å². The first-order valence-electron chi connectivity index (χ1n) is 11.4. The fourth-order valence-electron chi connectivity index (χ4n) is 4.60. The van der Waals surface area contributed by atoms with Gasteiger partial charge in [0.25, 0.3) is 0 Å². The van der Waals surface area contributed by atoms with Gasteiger partial charge in [-0.25, -0.2) is 9.79 Å². The van der Waals surface area contributed by atoms with Crippen molar-refractivity contribution in [3.63, 3.8) is 0 Å². The highest BCUT2D eigenvalue weighted by Crippen LogP contribution is 2.32. The molecule has 2 aromatic carbocycles. The second kappa shape index (κ2) is 8.79. The number of rotatable bonds is 5. The Bertz CT molecular complexity index is 1010. The van der Waals surface area contributed by atoms with Crippen LogP contribution in [0.5, 0.6) is 0 Å². The summed E-state index contributed by atoms with van der Waals surface area (Å²) in [6, 6.07) is 18.5. The molecule has 3 heterocycles. The van der Waals surface area contributed by atoms with Crippen LogP contribution in [-0.2, 0) is 16.7 Å². The largest absolute Gasteiger partial charge is 0.439 e. The quantitative estimate of drug-likeness (QED) is 0.783. The Labute approximate surface area is 189 Å². The zero-order valence-corrected chi connectivity index (χ0v) is 18.5. The number of aliphatic imine (C=N–C) groups is 1. The third-order valence-electron chi connectivity index (χ3n) is 6.68. The van der Waals surface area contributed by atoms with E-state index < -0.39 is 0 Å². The summed E-state index contributed by atoms with van der Waals surface area (Å²) in [6.45, 7) is 7.43. The van der Waals surface area contributed by atoms with Crippen LogP contribution in [0.3, 0.4) is 0 Å². The van der Waals surface area contributed by atoms with Crippen LogP contribution in [0, 0.1) is 0 Å². The highest BCUT2D eigenvalue weighted by Gasteiger charge is 2.32. The maximum Gasteiger partial charge on any atom is 0.410 e. The SMILES string of the molecule is CC1(c2ccc(CN3CC(c4ccccc4)OC3=O)cc2)C=NC(N2CCNCC2)=CC1.